The molecule has 0 atom stereocenters. The Morgan fingerprint density at radius 3 is 2.25 bits per heavy atom. The third kappa shape index (κ3) is 6.08. The van der Waals surface area contributed by atoms with Gasteiger partial charge in [-0.05, 0) is 50.4 Å². The molecule has 2 N–H and O–H groups in total. The molecule has 1 saturated heterocycles. The monoisotopic (exact) mass is 416 g/mol. The second-order valence-corrected chi connectivity index (χ2v) is 9.20. The predicted octanol–water partition coefficient (Wildman–Crippen LogP) is 0.531. The third-order valence-electron chi connectivity index (χ3n) is 4.41. The van der Waals surface area contributed by atoms with E-state index >= 15 is 0 Å². The van der Waals surface area contributed by atoms with E-state index in [4.69, 9.17) is 4.74 Å². The second kappa shape index (κ2) is 8.26. The Morgan fingerprint density at radius 1 is 1.21 bits per heavy atom. The van der Waals surface area contributed by atoms with Crippen LogP contribution in [0.2, 0.25) is 0 Å². The van der Waals surface area contributed by atoms with Crippen LogP contribution in [0.1, 0.15) is 31.9 Å². The lowest BCUT2D eigenvalue weighted by Gasteiger charge is -2.37. The molecule has 1 fully saturated rings. The molecule has 1 heterocycles. The Hall–Kier alpha value is -1.85. The van der Waals surface area contributed by atoms with Crippen molar-refractivity contribution in [3.63, 3.8) is 0 Å². The van der Waals surface area contributed by atoms with Gasteiger partial charge in [0.15, 0.2) is 0 Å². The van der Waals surface area contributed by atoms with Gasteiger partial charge in [-0.15, -0.1) is 3.89 Å². The van der Waals surface area contributed by atoms with Gasteiger partial charge in [-0.1, -0.05) is 6.07 Å². The summed E-state index contributed by atoms with van der Waals surface area (Å²) in [5, 5.41) is 19.0. The Morgan fingerprint density at radius 2 is 1.79 bits per heavy atom. The third-order valence-corrected chi connectivity index (χ3v) is 5.06. The van der Waals surface area contributed by atoms with Crippen molar-refractivity contribution >= 4 is 34.6 Å². The van der Waals surface area contributed by atoms with Crippen molar-refractivity contribution in [1.29, 1.82) is 0 Å². The maximum absolute atomic E-state index is 13.2. The molecule has 0 saturated carbocycles. The van der Waals surface area contributed by atoms with Crippen molar-refractivity contribution in [3.05, 3.63) is 23.3 Å². The van der Waals surface area contributed by atoms with E-state index in [0.717, 1.165) is 0 Å². The number of nitrogens with zero attached hydrogens (tertiary/aromatic N) is 2. The molecule has 1 aliphatic heterocycles. The molecule has 0 aromatic heterocycles. The summed E-state index contributed by atoms with van der Waals surface area (Å²) >= 11 is 0. The first-order valence-electron chi connectivity index (χ1n) is 8.91. The molecule has 8 nitrogen and oxygen atoms in total. The number of amides is 1. The number of benzene rings is 1. The lowest BCUT2D eigenvalue weighted by atomic mass is 9.78. The Labute approximate surface area is 165 Å². The molecule has 0 unspecified atom stereocenters. The van der Waals surface area contributed by atoms with Crippen LogP contribution in [0.4, 0.5) is 14.4 Å². The van der Waals surface area contributed by atoms with Gasteiger partial charge >= 0.3 is 23.4 Å². The highest BCUT2D eigenvalue weighted by atomic mass is 32.3. The molecule has 0 bridgehead atoms. The molecular weight excluding hydrogens is 390 g/mol. The molecule has 156 valence electrons. The number of piperazine rings is 1. The first-order valence-corrected chi connectivity index (χ1v) is 10.5. The highest BCUT2D eigenvalue weighted by molar-refractivity contribution is 7.85. The minimum atomic E-state index is -4.78. The quantitative estimate of drug-likeness (QED) is 0.545. The van der Waals surface area contributed by atoms with Crippen molar-refractivity contribution in [3.8, 4) is 0 Å². The van der Waals surface area contributed by atoms with Gasteiger partial charge in [0.1, 0.15) is 11.4 Å². The molecule has 1 aromatic rings. The van der Waals surface area contributed by atoms with Crippen LogP contribution in [-0.2, 0) is 20.7 Å². The minimum absolute atomic E-state index is 0.0776. The summed E-state index contributed by atoms with van der Waals surface area (Å²) in [6.07, 6.45) is -0.410. The summed E-state index contributed by atoms with van der Waals surface area (Å²) in [7, 11) is -6.59. The van der Waals surface area contributed by atoms with E-state index in [1.54, 1.807) is 32.6 Å². The molecule has 0 radical (unpaired) electrons. The van der Waals surface area contributed by atoms with Crippen LogP contribution in [0.5, 0.6) is 0 Å². The lowest BCUT2D eigenvalue weighted by molar-refractivity contribution is 0.0240. The minimum Gasteiger partial charge on any atom is -0.444 e. The van der Waals surface area contributed by atoms with E-state index in [1.165, 1.54) is 12.1 Å². The average molecular weight is 416 g/mol. The smallest absolute Gasteiger partial charge is 0.444 e. The Balaban J connectivity index is 2.23. The average Bonchev–Trinajstić information content (AvgIpc) is 2.54. The van der Waals surface area contributed by atoms with Crippen LogP contribution in [0.3, 0.4) is 0 Å². The van der Waals surface area contributed by atoms with Crippen molar-refractivity contribution < 1.29 is 31.9 Å². The zero-order valence-corrected chi connectivity index (χ0v) is 17.3. The normalized spacial score (nSPS) is 15.5. The molecule has 1 aromatic carbocycles. The van der Waals surface area contributed by atoms with Crippen molar-refractivity contribution in [2.75, 3.05) is 31.1 Å². The van der Waals surface area contributed by atoms with E-state index in [1.807, 2.05) is 4.90 Å². The molecule has 1 aliphatic rings. The number of rotatable bonds is 4. The van der Waals surface area contributed by atoms with Crippen LogP contribution in [0, 0.1) is 6.92 Å². The summed E-state index contributed by atoms with van der Waals surface area (Å²) in [5.41, 5.74) is 0.763. The van der Waals surface area contributed by atoms with E-state index in [0.29, 0.717) is 37.4 Å². The lowest BCUT2D eigenvalue weighted by Crippen LogP contribution is -2.50. The zero-order valence-electron chi connectivity index (χ0n) is 16.5. The number of carbonyl (C=O) groups excluding carboxylic acids is 1. The summed E-state index contributed by atoms with van der Waals surface area (Å²) in [6, 6.07) is 2.81. The molecule has 0 aliphatic carbocycles. The van der Waals surface area contributed by atoms with Crippen LogP contribution >= 0.6 is 0 Å². The second-order valence-electron chi connectivity index (χ2n) is 7.84. The molecule has 2 rings (SSSR count). The number of hydrogen-bond donors (Lipinski definition) is 2. The van der Waals surface area contributed by atoms with E-state index < -0.39 is 34.8 Å². The number of ether oxygens (including phenoxy) is 1. The summed E-state index contributed by atoms with van der Waals surface area (Å²) in [6.45, 7) is 8.67. The highest BCUT2D eigenvalue weighted by Crippen LogP contribution is 2.26. The van der Waals surface area contributed by atoms with Crippen molar-refractivity contribution in [2.45, 2.75) is 39.0 Å². The Bertz CT molecular complexity index is 833. The fourth-order valence-electron chi connectivity index (χ4n) is 3.05. The van der Waals surface area contributed by atoms with Gasteiger partial charge in [0.05, 0.1) is 0 Å². The van der Waals surface area contributed by atoms with Gasteiger partial charge in [-0.25, -0.2) is 4.79 Å². The van der Waals surface area contributed by atoms with Crippen molar-refractivity contribution in [1.82, 2.24) is 4.90 Å². The highest BCUT2D eigenvalue weighted by Gasteiger charge is 2.28. The van der Waals surface area contributed by atoms with Gasteiger partial charge < -0.3 is 24.6 Å². The number of hydrogen-bond acceptors (Lipinski definition) is 7. The first-order chi connectivity index (χ1) is 12.8. The maximum Gasteiger partial charge on any atom is 0.488 e. The predicted molar refractivity (Wildman–Crippen MR) is 105 cm³/mol. The van der Waals surface area contributed by atoms with E-state index in [2.05, 4.69) is 0 Å². The summed E-state index contributed by atoms with van der Waals surface area (Å²) in [4.78, 5) is 15.7. The first kappa shape index (κ1) is 22.4. The Kier molecular flexibility index (Phi) is 6.62. The summed E-state index contributed by atoms with van der Waals surface area (Å²) < 4.78 is 40.8. The molecule has 1 amide bonds. The van der Waals surface area contributed by atoms with E-state index in [-0.39, 0.29) is 11.0 Å². The van der Waals surface area contributed by atoms with Crippen LogP contribution in [0.25, 0.3) is 0 Å². The van der Waals surface area contributed by atoms with Gasteiger partial charge in [0.25, 0.3) is 0 Å². The topological polar surface area (TPSA) is 107 Å². The number of carbonyl (C=O) groups is 1. The summed E-state index contributed by atoms with van der Waals surface area (Å²) in [5.74, 6) is -0.843. The zero-order chi connectivity index (χ0) is 21.3. The fraction of sp³-hybridized carbons (Fsp3) is 0.588. The fourth-order valence-corrected chi connectivity index (χ4v) is 3.72. The van der Waals surface area contributed by atoms with Gasteiger partial charge in [-0.2, -0.15) is 8.42 Å². The molecular formula is C17H26BFN2O6S. The molecule has 11 heteroatoms. The standard InChI is InChI=1S/C17H26BFN2O6S/c1-12-13(11-28(19,25)26)9-14(18(23)24)10-15(12)20-5-7-21(8-6-20)16(22)27-17(2,3)4/h9-10,23-24H,5-8,11H2,1-4H3. The van der Waals surface area contributed by atoms with Crippen molar-refractivity contribution in [2.24, 2.45) is 0 Å². The maximum atomic E-state index is 13.2. The molecule has 28 heavy (non-hydrogen) atoms. The number of halogens is 1. The van der Waals surface area contributed by atoms with Gasteiger partial charge in [-0.3, -0.25) is 0 Å². The van der Waals surface area contributed by atoms with Gasteiger partial charge in [0, 0.05) is 31.9 Å². The SMILES string of the molecule is Cc1c(CS(=O)(=O)F)cc(B(O)O)cc1N1CCN(C(=O)OC(C)(C)C)CC1. The van der Waals surface area contributed by atoms with Crippen LogP contribution < -0.4 is 10.4 Å². The van der Waals surface area contributed by atoms with Crippen LogP contribution in [-0.4, -0.2) is 68.4 Å². The van der Waals surface area contributed by atoms with E-state index in [9.17, 15) is 27.1 Å². The van der Waals surface area contributed by atoms with Gasteiger partial charge in [0.2, 0.25) is 0 Å². The van der Waals surface area contributed by atoms with Crippen LogP contribution in [0.15, 0.2) is 12.1 Å². The largest absolute Gasteiger partial charge is 0.488 e. The number of anilines is 1. The molecule has 0 spiro atoms.